The lowest BCUT2D eigenvalue weighted by Crippen LogP contribution is -2.41. The highest BCUT2D eigenvalue weighted by molar-refractivity contribution is 6.83. The maximum absolute atomic E-state index is 9.84. The van der Waals surface area contributed by atoms with E-state index in [0.717, 1.165) is 62.9 Å². The molecule has 2 aliphatic heterocycles. The van der Waals surface area contributed by atoms with Gasteiger partial charge in [-0.2, -0.15) is 0 Å². The van der Waals surface area contributed by atoms with E-state index in [2.05, 4.69) is 25.5 Å². The Morgan fingerprint density at radius 2 is 2.08 bits per heavy atom. The zero-order valence-corrected chi connectivity index (χ0v) is 22.8. The Kier molecular flexibility index (Phi) is 11.5. The molecule has 0 spiro atoms. The molecule has 3 rings (SSSR count). The molecule has 204 valence electrons. The van der Waals surface area contributed by atoms with E-state index >= 15 is 0 Å². The number of hydrogen-bond donors (Lipinski definition) is 3. The van der Waals surface area contributed by atoms with Crippen LogP contribution in [-0.2, 0) is 18.9 Å². The van der Waals surface area contributed by atoms with Gasteiger partial charge in [-0.1, -0.05) is 11.6 Å². The minimum atomic E-state index is -0.978. The normalized spacial score (nSPS) is 23.1. The third-order valence-corrected chi connectivity index (χ3v) is 6.03. The molecule has 2 atom stereocenters. The maximum Gasteiger partial charge on any atom is 0.214 e. The predicted molar refractivity (Wildman–Crippen MR) is 141 cm³/mol. The van der Waals surface area contributed by atoms with Gasteiger partial charge in [-0.25, -0.2) is 0 Å². The number of hydrogen-bond acceptors (Lipinski definition) is 9. The van der Waals surface area contributed by atoms with Crippen molar-refractivity contribution in [2.75, 3.05) is 59.2 Å². The molecule has 1 aliphatic carbocycles. The van der Waals surface area contributed by atoms with Gasteiger partial charge in [0.1, 0.15) is 12.4 Å². The van der Waals surface area contributed by atoms with E-state index in [-0.39, 0.29) is 6.04 Å². The average molecular weight is 528 g/mol. The lowest BCUT2D eigenvalue weighted by Gasteiger charge is -2.30. The monoisotopic (exact) mass is 527 g/mol. The second kappa shape index (κ2) is 14.3. The Morgan fingerprint density at radius 1 is 1.31 bits per heavy atom. The van der Waals surface area contributed by atoms with Crippen LogP contribution in [0.1, 0.15) is 47.0 Å². The summed E-state index contributed by atoms with van der Waals surface area (Å²) in [7, 11) is 0. The Balaban J connectivity index is 1.49. The number of nitrogens with zero attached hydrogens (tertiary/aromatic N) is 3. The van der Waals surface area contributed by atoms with Crippen molar-refractivity contribution in [1.82, 2.24) is 15.5 Å². The number of ether oxygens (including phenoxy) is 4. The summed E-state index contributed by atoms with van der Waals surface area (Å²) in [4.78, 5) is 11.6. The molecule has 0 radical (unpaired) electrons. The first-order valence-corrected chi connectivity index (χ1v) is 13.3. The summed E-state index contributed by atoms with van der Waals surface area (Å²) in [5.74, 6) is 2.10. The van der Waals surface area contributed by atoms with Gasteiger partial charge in [0.2, 0.25) is 6.41 Å². The Morgan fingerprint density at radius 3 is 2.81 bits per heavy atom. The second-order valence-electron chi connectivity index (χ2n) is 9.86. The minimum Gasteiger partial charge on any atom is -0.493 e. The number of fused-ring (bicyclic) bond motifs is 1. The number of aliphatic hydroxyl groups excluding tert-OH is 1. The number of nitrogens with one attached hydrogen (secondary N) is 2. The number of allylic oxidation sites excluding steroid dienone is 1. The van der Waals surface area contributed by atoms with Crippen molar-refractivity contribution >= 4 is 22.6 Å². The number of amidine groups is 1. The summed E-state index contributed by atoms with van der Waals surface area (Å²) >= 11 is 6.46. The van der Waals surface area contributed by atoms with Crippen molar-refractivity contribution in [1.29, 1.82) is 0 Å². The van der Waals surface area contributed by atoms with Crippen LogP contribution >= 0.6 is 11.6 Å². The molecular formula is C25H42ClN5O5. The molecule has 3 aliphatic rings. The van der Waals surface area contributed by atoms with Crippen LogP contribution in [0.5, 0.6) is 0 Å². The molecule has 1 saturated heterocycles. The van der Waals surface area contributed by atoms with Crippen LogP contribution in [-0.4, -0.2) is 98.2 Å². The molecule has 2 heterocycles. The fourth-order valence-corrected chi connectivity index (χ4v) is 4.21. The third-order valence-electron chi connectivity index (χ3n) is 5.75. The van der Waals surface area contributed by atoms with Gasteiger partial charge in [0, 0.05) is 44.4 Å². The molecule has 10 nitrogen and oxygen atoms in total. The molecule has 3 N–H and O–H groups in total. The van der Waals surface area contributed by atoms with Gasteiger partial charge in [0.15, 0.2) is 16.8 Å². The van der Waals surface area contributed by atoms with Gasteiger partial charge in [-0.05, 0) is 47.1 Å². The topological polar surface area (TPSA) is 109 Å². The third kappa shape index (κ3) is 9.64. The van der Waals surface area contributed by atoms with E-state index in [1.54, 1.807) is 0 Å². The SMILES string of the molecule is CCOC1=C(OCCN2CCOCC2)CC2N=C(Cl)C(=NCCCCNC(O)OC(C)(C)C)NC2=C1. The second-order valence-corrected chi connectivity index (χ2v) is 10.2. The van der Waals surface area contributed by atoms with Gasteiger partial charge < -0.3 is 29.4 Å². The zero-order chi connectivity index (χ0) is 26.0. The van der Waals surface area contributed by atoms with Crippen molar-refractivity contribution in [3.05, 3.63) is 23.3 Å². The molecule has 36 heavy (non-hydrogen) atoms. The summed E-state index contributed by atoms with van der Waals surface area (Å²) < 4.78 is 22.8. The first-order valence-electron chi connectivity index (χ1n) is 12.9. The van der Waals surface area contributed by atoms with E-state index in [0.29, 0.717) is 43.7 Å². The first-order chi connectivity index (χ1) is 17.2. The van der Waals surface area contributed by atoms with Crippen LogP contribution < -0.4 is 10.6 Å². The first kappa shape index (κ1) is 28.9. The van der Waals surface area contributed by atoms with E-state index in [4.69, 9.17) is 30.5 Å². The predicted octanol–water partition coefficient (Wildman–Crippen LogP) is 2.34. The van der Waals surface area contributed by atoms with Crippen LogP contribution in [0.2, 0.25) is 0 Å². The Bertz CT molecular complexity index is 833. The van der Waals surface area contributed by atoms with Crippen LogP contribution in [0, 0.1) is 0 Å². The molecule has 0 aromatic rings. The van der Waals surface area contributed by atoms with Crippen LogP contribution in [0.3, 0.4) is 0 Å². The standard InChI is InChI=1S/C25H42ClN5O5/c1-5-34-20-17-19-18(16-21(20)35-15-12-31-10-13-33-14-11-31)29-22(26)23(30-19)27-8-6-7-9-28-24(32)36-25(2,3)4/h17-18,24,28,32H,5-16H2,1-4H3,(H,27,30). The van der Waals surface area contributed by atoms with Crippen molar-refractivity contribution in [3.8, 4) is 0 Å². The summed E-state index contributed by atoms with van der Waals surface area (Å²) in [5.41, 5.74) is 0.506. The molecular weight excluding hydrogens is 486 g/mol. The number of aliphatic hydroxyl groups is 1. The zero-order valence-electron chi connectivity index (χ0n) is 22.0. The highest BCUT2D eigenvalue weighted by Gasteiger charge is 2.30. The average Bonchev–Trinajstić information content (AvgIpc) is 2.82. The van der Waals surface area contributed by atoms with E-state index < -0.39 is 12.0 Å². The smallest absolute Gasteiger partial charge is 0.214 e. The lowest BCUT2D eigenvalue weighted by molar-refractivity contribution is -0.181. The van der Waals surface area contributed by atoms with Crippen molar-refractivity contribution in [2.24, 2.45) is 9.98 Å². The Labute approximate surface area is 219 Å². The van der Waals surface area contributed by atoms with Crippen LogP contribution in [0.25, 0.3) is 0 Å². The molecule has 0 saturated carbocycles. The number of unbranched alkanes of at least 4 members (excludes halogenated alkanes) is 1. The maximum atomic E-state index is 9.84. The summed E-state index contributed by atoms with van der Waals surface area (Å²) in [6.07, 6.45) is 3.23. The minimum absolute atomic E-state index is 0.146. The number of halogens is 1. The van der Waals surface area contributed by atoms with Gasteiger partial charge in [0.05, 0.1) is 31.5 Å². The van der Waals surface area contributed by atoms with Crippen LogP contribution in [0.15, 0.2) is 33.3 Å². The van der Waals surface area contributed by atoms with E-state index in [9.17, 15) is 5.11 Å². The molecule has 11 heteroatoms. The largest absolute Gasteiger partial charge is 0.493 e. The molecule has 2 unspecified atom stereocenters. The highest BCUT2D eigenvalue weighted by Crippen LogP contribution is 2.29. The van der Waals surface area contributed by atoms with Gasteiger partial charge in [-0.3, -0.25) is 20.2 Å². The lowest BCUT2D eigenvalue weighted by atomic mass is 10.0. The number of morpholine rings is 1. The summed E-state index contributed by atoms with van der Waals surface area (Å²) in [6.45, 7) is 14.3. The number of rotatable bonds is 13. The quantitative estimate of drug-likeness (QED) is 0.247. The molecule has 0 amide bonds. The highest BCUT2D eigenvalue weighted by atomic mass is 35.5. The van der Waals surface area contributed by atoms with Crippen LogP contribution in [0.4, 0.5) is 0 Å². The fraction of sp³-hybridized carbons (Fsp3) is 0.760. The van der Waals surface area contributed by atoms with Gasteiger partial charge in [-0.15, -0.1) is 0 Å². The molecule has 0 aromatic carbocycles. The van der Waals surface area contributed by atoms with E-state index in [1.165, 1.54) is 0 Å². The molecule has 1 fully saturated rings. The van der Waals surface area contributed by atoms with Crippen molar-refractivity contribution in [3.63, 3.8) is 0 Å². The fourth-order valence-electron chi connectivity index (χ4n) is 3.99. The summed E-state index contributed by atoms with van der Waals surface area (Å²) in [5, 5.41) is 16.5. The van der Waals surface area contributed by atoms with Crippen molar-refractivity contribution in [2.45, 2.75) is 65.0 Å². The van der Waals surface area contributed by atoms with E-state index in [1.807, 2.05) is 33.8 Å². The van der Waals surface area contributed by atoms with Crippen molar-refractivity contribution < 1.29 is 24.1 Å². The summed E-state index contributed by atoms with van der Waals surface area (Å²) in [6, 6.07) is -0.146. The number of aliphatic imine (C=N–C) groups is 2. The van der Waals surface area contributed by atoms with Gasteiger partial charge in [0.25, 0.3) is 0 Å². The molecule has 0 bridgehead atoms. The van der Waals surface area contributed by atoms with Gasteiger partial charge >= 0.3 is 0 Å². The Hall–Kier alpha value is -1.69. The molecule has 0 aromatic heterocycles.